The predicted octanol–water partition coefficient (Wildman–Crippen LogP) is 5.53. The van der Waals surface area contributed by atoms with Crippen LogP contribution in [0, 0.1) is 18.3 Å². The molecule has 0 aliphatic carbocycles. The van der Waals surface area contributed by atoms with Crippen molar-refractivity contribution in [3.63, 3.8) is 0 Å². The zero-order valence-electron chi connectivity index (χ0n) is 18.9. The Morgan fingerprint density at radius 3 is 2.48 bits per heavy atom. The Labute approximate surface area is 194 Å². The van der Waals surface area contributed by atoms with Crippen molar-refractivity contribution in [2.24, 2.45) is 0 Å². The van der Waals surface area contributed by atoms with Crippen LogP contribution in [0.5, 0.6) is 17.2 Å². The van der Waals surface area contributed by atoms with Crippen LogP contribution in [0.4, 0.5) is 5.69 Å². The molecule has 0 spiro atoms. The van der Waals surface area contributed by atoms with Crippen LogP contribution in [0.2, 0.25) is 0 Å². The van der Waals surface area contributed by atoms with E-state index >= 15 is 0 Å². The monoisotopic (exact) mass is 442 g/mol. The number of carbonyl (C=O) groups excluding carboxylic acids is 1. The van der Waals surface area contributed by atoms with E-state index in [4.69, 9.17) is 14.2 Å². The molecule has 1 amide bonds. The molecule has 168 valence electrons. The molecule has 6 nitrogen and oxygen atoms in total. The second kappa shape index (κ2) is 11.4. The third-order valence-electron chi connectivity index (χ3n) is 4.77. The van der Waals surface area contributed by atoms with E-state index in [1.54, 1.807) is 37.4 Å². The number of amides is 1. The van der Waals surface area contributed by atoms with Crippen LogP contribution in [0.3, 0.4) is 0 Å². The third kappa shape index (κ3) is 6.62. The quantitative estimate of drug-likeness (QED) is 0.348. The molecule has 0 aromatic heterocycles. The molecule has 0 atom stereocenters. The maximum atomic E-state index is 12.6. The molecule has 0 bridgehead atoms. The van der Waals surface area contributed by atoms with Crippen LogP contribution in [-0.2, 0) is 11.4 Å². The van der Waals surface area contributed by atoms with Gasteiger partial charge in [0.2, 0.25) is 0 Å². The first-order valence-corrected chi connectivity index (χ1v) is 10.5. The Balaban J connectivity index is 1.74. The van der Waals surface area contributed by atoms with E-state index in [0.717, 1.165) is 16.9 Å². The number of aryl methyl sites for hydroxylation is 1. The average Bonchev–Trinajstić information content (AvgIpc) is 2.82. The highest BCUT2D eigenvalue weighted by atomic mass is 16.5. The Bertz CT molecular complexity index is 1190. The first kappa shape index (κ1) is 23.4. The van der Waals surface area contributed by atoms with Crippen LogP contribution in [0.1, 0.15) is 23.6 Å². The molecule has 3 rings (SSSR count). The van der Waals surface area contributed by atoms with E-state index < -0.39 is 5.91 Å². The fourth-order valence-electron chi connectivity index (χ4n) is 3.18. The van der Waals surface area contributed by atoms with Gasteiger partial charge in [-0.25, -0.2) is 0 Å². The number of ether oxygens (including phenoxy) is 3. The number of hydrogen-bond acceptors (Lipinski definition) is 5. The average molecular weight is 443 g/mol. The number of methoxy groups -OCH3 is 1. The molecule has 0 radical (unpaired) electrons. The summed E-state index contributed by atoms with van der Waals surface area (Å²) in [4.78, 5) is 12.6. The Morgan fingerprint density at radius 1 is 1.03 bits per heavy atom. The maximum absolute atomic E-state index is 12.6. The van der Waals surface area contributed by atoms with Gasteiger partial charge in [0.1, 0.15) is 35.5 Å². The van der Waals surface area contributed by atoms with Crippen molar-refractivity contribution < 1.29 is 19.0 Å². The zero-order valence-corrected chi connectivity index (χ0v) is 18.9. The van der Waals surface area contributed by atoms with Gasteiger partial charge in [-0.15, -0.1) is 0 Å². The van der Waals surface area contributed by atoms with Crippen molar-refractivity contribution in [3.8, 4) is 23.3 Å². The molecule has 0 heterocycles. The molecule has 1 N–H and O–H groups in total. The van der Waals surface area contributed by atoms with Gasteiger partial charge in [-0.05, 0) is 61.4 Å². The van der Waals surface area contributed by atoms with Crippen LogP contribution >= 0.6 is 0 Å². The van der Waals surface area contributed by atoms with E-state index in [-0.39, 0.29) is 5.57 Å². The third-order valence-corrected chi connectivity index (χ3v) is 4.77. The summed E-state index contributed by atoms with van der Waals surface area (Å²) >= 11 is 0. The second-order valence-electron chi connectivity index (χ2n) is 7.26. The first-order chi connectivity index (χ1) is 16.0. The highest BCUT2D eigenvalue weighted by Gasteiger charge is 2.12. The fraction of sp³-hybridized carbons (Fsp3) is 0.185. The SMILES string of the molecule is CCOc1cccc(NC(=O)/C(C#N)=C/c2ccc(COc3cccc(C)c3)c(OC)c2)c1. The van der Waals surface area contributed by atoms with Crippen molar-refractivity contribution in [1.82, 2.24) is 0 Å². The number of anilines is 1. The van der Waals surface area contributed by atoms with Gasteiger partial charge in [-0.2, -0.15) is 5.26 Å². The molecule has 0 unspecified atom stereocenters. The maximum Gasteiger partial charge on any atom is 0.266 e. The highest BCUT2D eigenvalue weighted by Crippen LogP contribution is 2.24. The summed E-state index contributed by atoms with van der Waals surface area (Å²) in [5, 5.41) is 12.3. The van der Waals surface area contributed by atoms with Gasteiger partial charge < -0.3 is 19.5 Å². The van der Waals surface area contributed by atoms with E-state index in [2.05, 4.69) is 5.32 Å². The van der Waals surface area contributed by atoms with Crippen molar-refractivity contribution >= 4 is 17.7 Å². The van der Waals surface area contributed by atoms with Crippen LogP contribution in [0.25, 0.3) is 6.08 Å². The van der Waals surface area contributed by atoms with Gasteiger partial charge >= 0.3 is 0 Å². The molecule has 0 aliphatic heterocycles. The summed E-state index contributed by atoms with van der Waals surface area (Å²) in [6, 6.07) is 22.3. The van der Waals surface area contributed by atoms with Crippen LogP contribution in [0.15, 0.2) is 72.3 Å². The molecule has 3 aromatic carbocycles. The standard InChI is InChI=1S/C27H26N2O4/c1-4-32-25-10-6-8-23(16-25)29-27(30)22(17-28)14-20-11-12-21(26(15-20)31-3)18-33-24-9-5-7-19(2)13-24/h5-16H,4,18H2,1-3H3,(H,29,30)/b22-14+. The number of nitrogens with one attached hydrogen (secondary N) is 1. The van der Waals surface area contributed by atoms with Crippen LogP contribution in [-0.4, -0.2) is 19.6 Å². The van der Waals surface area contributed by atoms with Crippen molar-refractivity contribution in [3.05, 3.63) is 89.0 Å². The van der Waals surface area contributed by atoms with E-state index in [0.29, 0.717) is 36.0 Å². The smallest absolute Gasteiger partial charge is 0.266 e. The number of nitrogens with zero attached hydrogens (tertiary/aromatic N) is 1. The van der Waals surface area contributed by atoms with E-state index in [1.807, 2.05) is 56.3 Å². The summed E-state index contributed by atoms with van der Waals surface area (Å²) in [6.07, 6.45) is 1.52. The number of benzene rings is 3. The summed E-state index contributed by atoms with van der Waals surface area (Å²) < 4.78 is 16.8. The molecule has 0 saturated heterocycles. The number of hydrogen-bond donors (Lipinski definition) is 1. The minimum absolute atomic E-state index is 0.0253. The fourth-order valence-corrected chi connectivity index (χ4v) is 3.18. The molecular formula is C27H26N2O4. The molecule has 33 heavy (non-hydrogen) atoms. The predicted molar refractivity (Wildman–Crippen MR) is 128 cm³/mol. The lowest BCUT2D eigenvalue weighted by atomic mass is 10.1. The van der Waals surface area contributed by atoms with Gasteiger partial charge in [0.05, 0.1) is 13.7 Å². The lowest BCUT2D eigenvalue weighted by molar-refractivity contribution is -0.112. The number of carbonyl (C=O) groups is 1. The second-order valence-corrected chi connectivity index (χ2v) is 7.26. The van der Waals surface area contributed by atoms with Gasteiger partial charge in [0.25, 0.3) is 5.91 Å². The van der Waals surface area contributed by atoms with E-state index in [1.165, 1.54) is 6.08 Å². The van der Waals surface area contributed by atoms with Crippen molar-refractivity contribution in [2.75, 3.05) is 19.0 Å². The lowest BCUT2D eigenvalue weighted by Crippen LogP contribution is -2.13. The van der Waals surface area contributed by atoms with Gasteiger partial charge in [0.15, 0.2) is 0 Å². The Hall–Kier alpha value is -4.24. The molecule has 0 saturated carbocycles. The molecule has 0 aliphatic rings. The molecule has 6 heteroatoms. The van der Waals surface area contributed by atoms with Crippen molar-refractivity contribution in [2.45, 2.75) is 20.5 Å². The summed E-state index contributed by atoms with van der Waals surface area (Å²) in [5.41, 5.74) is 3.16. The minimum Gasteiger partial charge on any atom is -0.496 e. The summed E-state index contributed by atoms with van der Waals surface area (Å²) in [7, 11) is 1.57. The molecule has 0 fully saturated rings. The summed E-state index contributed by atoms with van der Waals surface area (Å²) in [5.74, 6) is 1.53. The van der Waals surface area contributed by atoms with Gasteiger partial charge in [0, 0.05) is 17.3 Å². The van der Waals surface area contributed by atoms with Crippen LogP contribution < -0.4 is 19.5 Å². The Kier molecular flexibility index (Phi) is 8.09. The van der Waals surface area contributed by atoms with E-state index in [9.17, 15) is 10.1 Å². The summed E-state index contributed by atoms with van der Waals surface area (Å²) in [6.45, 7) is 4.75. The van der Waals surface area contributed by atoms with Gasteiger partial charge in [-0.1, -0.05) is 30.3 Å². The largest absolute Gasteiger partial charge is 0.496 e. The van der Waals surface area contributed by atoms with Crippen molar-refractivity contribution in [1.29, 1.82) is 5.26 Å². The molecule has 3 aromatic rings. The molecular weight excluding hydrogens is 416 g/mol. The number of nitriles is 1. The number of rotatable bonds is 9. The zero-order chi connectivity index (χ0) is 23.6. The highest BCUT2D eigenvalue weighted by molar-refractivity contribution is 6.09. The lowest BCUT2D eigenvalue weighted by Gasteiger charge is -2.12. The minimum atomic E-state index is -0.503. The first-order valence-electron chi connectivity index (χ1n) is 10.5. The normalized spacial score (nSPS) is 10.8. The Morgan fingerprint density at radius 2 is 1.79 bits per heavy atom. The van der Waals surface area contributed by atoms with Gasteiger partial charge in [-0.3, -0.25) is 4.79 Å². The topological polar surface area (TPSA) is 80.6 Å².